The van der Waals surface area contributed by atoms with Crippen molar-refractivity contribution < 1.29 is 9.32 Å². The van der Waals surface area contributed by atoms with E-state index < -0.39 is 0 Å². The average Bonchev–Trinajstić information content (AvgIpc) is 3.40. The largest absolute Gasteiger partial charge is 0.383 e. The van der Waals surface area contributed by atoms with Crippen LogP contribution in [-0.4, -0.2) is 30.5 Å². The number of anilines is 1. The van der Waals surface area contributed by atoms with Crippen LogP contribution in [0.5, 0.6) is 0 Å². The van der Waals surface area contributed by atoms with Gasteiger partial charge in [0.15, 0.2) is 17.2 Å². The van der Waals surface area contributed by atoms with Crippen LogP contribution in [0.1, 0.15) is 47.0 Å². The second-order valence-electron chi connectivity index (χ2n) is 7.27. The van der Waals surface area contributed by atoms with E-state index in [1.807, 2.05) is 22.8 Å². The second kappa shape index (κ2) is 5.48. The van der Waals surface area contributed by atoms with Crippen LogP contribution in [-0.2, 0) is 6.42 Å². The van der Waals surface area contributed by atoms with Gasteiger partial charge in [0.25, 0.3) is 0 Å². The minimum absolute atomic E-state index is 0.0606. The lowest BCUT2D eigenvalue weighted by Gasteiger charge is -2.08. The van der Waals surface area contributed by atoms with E-state index in [9.17, 15) is 4.79 Å². The Hall–Kier alpha value is -3.55. The quantitative estimate of drug-likeness (QED) is 0.575. The van der Waals surface area contributed by atoms with Gasteiger partial charge in [-0.15, -0.1) is 0 Å². The van der Waals surface area contributed by atoms with Gasteiger partial charge in [-0.2, -0.15) is 0 Å². The summed E-state index contributed by atoms with van der Waals surface area (Å²) in [6.07, 6.45) is 6.15. The van der Waals surface area contributed by atoms with Gasteiger partial charge < -0.3 is 10.3 Å². The lowest BCUT2D eigenvalue weighted by atomic mass is 10.0. The molecule has 0 spiro atoms. The molecule has 0 unspecified atom stereocenters. The highest BCUT2D eigenvalue weighted by molar-refractivity contribution is 6.10. The molecule has 0 amide bonds. The highest BCUT2D eigenvalue weighted by atomic mass is 16.5. The molecule has 4 aromatic rings. The number of pyridine rings is 1. The summed E-state index contributed by atoms with van der Waals surface area (Å²) in [5, 5.41) is 5.02. The smallest absolute Gasteiger partial charge is 0.169 e. The van der Waals surface area contributed by atoms with Crippen LogP contribution in [0.15, 0.2) is 35.2 Å². The van der Waals surface area contributed by atoms with Crippen molar-refractivity contribution in [3.05, 3.63) is 47.7 Å². The Kier molecular flexibility index (Phi) is 3.03. The van der Waals surface area contributed by atoms with Gasteiger partial charge in [-0.1, -0.05) is 11.2 Å². The van der Waals surface area contributed by atoms with Crippen molar-refractivity contribution in [1.29, 1.82) is 0 Å². The third kappa shape index (κ3) is 2.02. The van der Waals surface area contributed by atoms with Gasteiger partial charge >= 0.3 is 0 Å². The zero-order valence-electron chi connectivity index (χ0n) is 14.9. The molecule has 138 valence electrons. The molecule has 4 heterocycles. The molecule has 0 radical (unpaired) electrons. The molecule has 8 nitrogen and oxygen atoms in total. The Morgan fingerprint density at radius 1 is 1.11 bits per heavy atom. The molecular weight excluding hydrogens is 356 g/mol. The van der Waals surface area contributed by atoms with Gasteiger partial charge in [0.2, 0.25) is 0 Å². The van der Waals surface area contributed by atoms with Gasteiger partial charge in [0.1, 0.15) is 23.7 Å². The van der Waals surface area contributed by atoms with Crippen LogP contribution in [0.3, 0.4) is 0 Å². The monoisotopic (exact) mass is 372 g/mol. The zero-order chi connectivity index (χ0) is 18.8. The van der Waals surface area contributed by atoms with Crippen molar-refractivity contribution in [3.63, 3.8) is 0 Å². The molecule has 1 fully saturated rings. The third-order valence-corrected chi connectivity index (χ3v) is 5.53. The number of Topliss-reactive ketones (excluding diaryl/α,β-unsaturated/α-hetero) is 1. The first kappa shape index (κ1) is 15.5. The van der Waals surface area contributed by atoms with Gasteiger partial charge in [-0.25, -0.2) is 15.0 Å². The summed E-state index contributed by atoms with van der Waals surface area (Å²) in [6.45, 7) is 0. The van der Waals surface area contributed by atoms with Crippen LogP contribution in [0, 0.1) is 0 Å². The van der Waals surface area contributed by atoms with Crippen LogP contribution < -0.4 is 5.73 Å². The lowest BCUT2D eigenvalue weighted by molar-refractivity contribution is 0.0982. The molecule has 2 N–H and O–H groups in total. The van der Waals surface area contributed by atoms with E-state index in [2.05, 4.69) is 20.1 Å². The van der Waals surface area contributed by atoms with Gasteiger partial charge in [0.05, 0.1) is 10.9 Å². The lowest BCUT2D eigenvalue weighted by Crippen LogP contribution is -2.06. The second-order valence-corrected chi connectivity index (χ2v) is 7.27. The fourth-order valence-corrected chi connectivity index (χ4v) is 4.13. The minimum atomic E-state index is 0.0606. The molecule has 0 atom stereocenters. The number of aromatic nitrogens is 5. The Balaban J connectivity index is 1.75. The average molecular weight is 372 g/mol. The first-order valence-electron chi connectivity index (χ1n) is 9.32. The zero-order valence-corrected chi connectivity index (χ0v) is 14.9. The van der Waals surface area contributed by atoms with Crippen molar-refractivity contribution in [2.75, 3.05) is 5.73 Å². The normalized spacial score (nSPS) is 16.1. The first-order chi connectivity index (χ1) is 13.7. The van der Waals surface area contributed by atoms with Gasteiger partial charge in [0, 0.05) is 29.8 Å². The highest BCUT2D eigenvalue weighted by Crippen LogP contribution is 2.48. The molecule has 6 rings (SSSR count). The van der Waals surface area contributed by atoms with E-state index in [1.165, 1.54) is 6.33 Å². The summed E-state index contributed by atoms with van der Waals surface area (Å²) >= 11 is 0. The number of nitrogens with two attached hydrogens (primary N) is 1. The highest BCUT2D eigenvalue weighted by Gasteiger charge is 2.39. The summed E-state index contributed by atoms with van der Waals surface area (Å²) in [6, 6.07) is 5.68. The predicted molar refractivity (Wildman–Crippen MR) is 101 cm³/mol. The van der Waals surface area contributed by atoms with E-state index in [1.54, 1.807) is 6.20 Å². The molecule has 0 saturated heterocycles. The van der Waals surface area contributed by atoms with Crippen molar-refractivity contribution in [2.45, 2.75) is 31.6 Å². The van der Waals surface area contributed by atoms with E-state index in [4.69, 9.17) is 10.3 Å². The summed E-state index contributed by atoms with van der Waals surface area (Å²) in [5.41, 5.74) is 9.78. The summed E-state index contributed by atoms with van der Waals surface area (Å²) in [4.78, 5) is 26.1. The third-order valence-electron chi connectivity index (χ3n) is 5.53. The molecule has 1 saturated carbocycles. The number of fused-ring (bicyclic) bond motifs is 5. The van der Waals surface area contributed by atoms with Gasteiger partial charge in [-0.05, 0) is 31.4 Å². The Bertz CT molecular complexity index is 1250. The number of carbonyl (C=O) groups excluding carboxylic acids is 1. The SMILES string of the molecule is Nc1ncnc2c1c1c(n2-c2ccccn2)CCC(=O)c2c-1noc2C1CC1. The maximum absolute atomic E-state index is 13.0. The van der Waals surface area contributed by atoms with Crippen molar-refractivity contribution >= 4 is 22.6 Å². The molecule has 0 bridgehead atoms. The van der Waals surface area contributed by atoms with Crippen LogP contribution >= 0.6 is 0 Å². The Morgan fingerprint density at radius 2 is 2.00 bits per heavy atom. The molecule has 8 heteroatoms. The number of ketones is 1. The van der Waals surface area contributed by atoms with E-state index in [0.717, 1.165) is 24.1 Å². The number of rotatable bonds is 2. The number of hydrogen-bond acceptors (Lipinski definition) is 7. The van der Waals surface area contributed by atoms with E-state index in [0.29, 0.717) is 58.4 Å². The van der Waals surface area contributed by atoms with Crippen LogP contribution in [0.2, 0.25) is 0 Å². The minimum Gasteiger partial charge on any atom is -0.383 e. The maximum Gasteiger partial charge on any atom is 0.169 e. The first-order valence-corrected chi connectivity index (χ1v) is 9.32. The van der Waals surface area contributed by atoms with Crippen molar-refractivity contribution in [1.82, 2.24) is 24.7 Å². The molecule has 2 aliphatic rings. The Labute approximate surface area is 159 Å². The summed E-state index contributed by atoms with van der Waals surface area (Å²) in [5.74, 6) is 2.13. The predicted octanol–water partition coefficient (Wildman–Crippen LogP) is 3.06. The van der Waals surface area contributed by atoms with Crippen LogP contribution in [0.4, 0.5) is 5.82 Å². The Morgan fingerprint density at radius 3 is 2.79 bits per heavy atom. The number of nitrogen functional groups attached to an aromatic ring is 1. The number of hydrogen-bond donors (Lipinski definition) is 1. The molecule has 28 heavy (non-hydrogen) atoms. The van der Waals surface area contributed by atoms with Crippen molar-refractivity contribution in [3.8, 4) is 17.1 Å². The van der Waals surface area contributed by atoms with Crippen LogP contribution in [0.25, 0.3) is 28.1 Å². The number of carbonyl (C=O) groups is 1. The topological polar surface area (TPSA) is 113 Å². The molecule has 4 aromatic heterocycles. The maximum atomic E-state index is 13.0. The fraction of sp³-hybridized carbons (Fsp3) is 0.250. The number of nitrogens with zero attached hydrogens (tertiary/aromatic N) is 5. The van der Waals surface area contributed by atoms with Gasteiger partial charge in [-0.3, -0.25) is 9.36 Å². The standard InChI is InChI=1S/C20H16N6O2/c21-19-16-14-11(26(20(16)24-9-23-19)13-3-1-2-8-22-13)6-7-12(27)15-17(14)25-28-18(15)10-4-5-10/h1-3,8-10H,4-7H2,(H2,21,23,24). The summed E-state index contributed by atoms with van der Waals surface area (Å²) in [7, 11) is 0. The summed E-state index contributed by atoms with van der Waals surface area (Å²) < 4.78 is 7.61. The van der Waals surface area contributed by atoms with E-state index in [-0.39, 0.29) is 5.78 Å². The molecule has 0 aliphatic heterocycles. The molecule has 0 aromatic carbocycles. The molecule has 2 aliphatic carbocycles. The fourth-order valence-electron chi connectivity index (χ4n) is 4.13. The van der Waals surface area contributed by atoms with E-state index >= 15 is 0 Å². The van der Waals surface area contributed by atoms with Crippen molar-refractivity contribution in [2.24, 2.45) is 0 Å². The molecular formula is C20H16N6O2.